The van der Waals surface area contributed by atoms with Gasteiger partial charge in [0.15, 0.2) is 17.8 Å². The third kappa shape index (κ3) is 4.48. The lowest BCUT2D eigenvalue weighted by Crippen LogP contribution is -2.47. The summed E-state index contributed by atoms with van der Waals surface area (Å²) in [5.41, 5.74) is -0.216. The molecule has 32 heavy (non-hydrogen) atoms. The molecule has 6 atom stereocenters. The maximum absolute atomic E-state index is 13.0. The second-order valence-corrected chi connectivity index (χ2v) is 8.39. The van der Waals surface area contributed by atoms with Crippen molar-refractivity contribution < 1.29 is 42.9 Å². The summed E-state index contributed by atoms with van der Waals surface area (Å²) in [7, 11) is 1.20. The first kappa shape index (κ1) is 23.7. The third-order valence-electron chi connectivity index (χ3n) is 6.07. The van der Waals surface area contributed by atoms with Crippen LogP contribution in [0.15, 0.2) is 35.5 Å². The lowest BCUT2D eigenvalue weighted by molar-refractivity contribution is -0.173. The number of carbonyl (C=O) groups excluding carboxylic acids is 4. The molecule has 0 bridgehead atoms. The Morgan fingerprint density at radius 2 is 1.91 bits per heavy atom. The van der Waals surface area contributed by atoms with E-state index >= 15 is 0 Å². The molecule has 174 valence electrons. The number of epoxide rings is 1. The first-order chi connectivity index (χ1) is 15.0. The van der Waals surface area contributed by atoms with Crippen LogP contribution in [0.1, 0.15) is 40.5 Å². The van der Waals surface area contributed by atoms with Crippen LogP contribution >= 0.6 is 0 Å². The topological polar surface area (TPSA) is 118 Å². The predicted molar refractivity (Wildman–Crippen MR) is 110 cm³/mol. The van der Waals surface area contributed by atoms with Crippen molar-refractivity contribution in [3.05, 3.63) is 35.5 Å². The molecule has 0 aromatic heterocycles. The van der Waals surface area contributed by atoms with Gasteiger partial charge in [-0.15, -0.1) is 0 Å². The molecule has 0 saturated carbocycles. The normalized spacial score (nSPS) is 37.6. The van der Waals surface area contributed by atoms with Crippen LogP contribution in [-0.2, 0) is 42.9 Å². The molecular weight excluding hydrogens is 420 g/mol. The first-order valence-electron chi connectivity index (χ1n) is 10.4. The number of esters is 4. The van der Waals surface area contributed by atoms with Crippen LogP contribution in [0.3, 0.4) is 0 Å². The van der Waals surface area contributed by atoms with Gasteiger partial charge in [0, 0.05) is 12.5 Å². The molecule has 0 aromatic carbocycles. The molecule has 0 amide bonds. The summed E-state index contributed by atoms with van der Waals surface area (Å²) in [4.78, 5) is 50.0. The van der Waals surface area contributed by atoms with Gasteiger partial charge in [0.1, 0.15) is 6.10 Å². The zero-order chi connectivity index (χ0) is 23.8. The Hall–Kier alpha value is -2.94. The van der Waals surface area contributed by atoms with Crippen molar-refractivity contribution in [1.29, 1.82) is 0 Å². The molecule has 3 unspecified atom stereocenters. The van der Waals surface area contributed by atoms with E-state index in [0.29, 0.717) is 12.8 Å². The third-order valence-corrected chi connectivity index (χ3v) is 6.07. The van der Waals surface area contributed by atoms with E-state index < -0.39 is 53.7 Å². The van der Waals surface area contributed by atoms with Gasteiger partial charge in [0.25, 0.3) is 0 Å². The van der Waals surface area contributed by atoms with Gasteiger partial charge in [-0.3, -0.25) is 4.79 Å². The number of hydrogen-bond acceptors (Lipinski definition) is 9. The van der Waals surface area contributed by atoms with E-state index in [-0.39, 0.29) is 17.3 Å². The van der Waals surface area contributed by atoms with Crippen LogP contribution in [0, 0.1) is 5.92 Å². The average Bonchev–Trinajstić information content (AvgIpc) is 3.25. The summed E-state index contributed by atoms with van der Waals surface area (Å²) in [5, 5.41) is 0. The zero-order valence-corrected chi connectivity index (χ0v) is 18.8. The van der Waals surface area contributed by atoms with Gasteiger partial charge >= 0.3 is 23.9 Å². The number of fused-ring (bicyclic) bond motifs is 1. The Kier molecular flexibility index (Phi) is 6.59. The zero-order valence-electron chi connectivity index (χ0n) is 18.8. The van der Waals surface area contributed by atoms with E-state index in [0.717, 1.165) is 5.57 Å². The van der Waals surface area contributed by atoms with E-state index in [2.05, 4.69) is 6.58 Å². The SMILES string of the molecule is C=C1C(=O)O[C@@H]2/C=C(\C)CC/C=C(/C(=O)OC)C(OC(C)=O)[C@@H](OC(=O)C3(C)OC3C)[C@@H]12. The highest BCUT2D eigenvalue weighted by Crippen LogP contribution is 2.41. The molecule has 1 aliphatic carbocycles. The standard InChI is InChI=1S/C23H28O9/c1-11-8-7-9-15(21(26)28-6)18(29-14(4)24)19(31-22(27)23(5)13(3)32-23)17-12(2)20(25)30-16(17)10-11/h9-10,13,16-19H,2,7-8H2,1,3-6H3/b11-10+,15-9+/t13?,16-,17+,18?,19+,23?/m1/s1. The summed E-state index contributed by atoms with van der Waals surface area (Å²) in [6.45, 7) is 10.2. The van der Waals surface area contributed by atoms with Crippen molar-refractivity contribution in [1.82, 2.24) is 0 Å². The minimum atomic E-state index is -1.34. The van der Waals surface area contributed by atoms with E-state index in [1.807, 2.05) is 6.92 Å². The lowest BCUT2D eigenvalue weighted by atomic mass is 9.83. The maximum atomic E-state index is 13.0. The molecular formula is C23H28O9. The smallest absolute Gasteiger partial charge is 0.341 e. The van der Waals surface area contributed by atoms with Gasteiger partial charge in [0.2, 0.25) is 0 Å². The average molecular weight is 448 g/mol. The van der Waals surface area contributed by atoms with Gasteiger partial charge in [-0.1, -0.05) is 18.2 Å². The van der Waals surface area contributed by atoms with E-state index in [4.69, 9.17) is 23.7 Å². The highest BCUT2D eigenvalue weighted by atomic mass is 16.7. The fourth-order valence-electron chi connectivity index (χ4n) is 3.98. The molecule has 0 N–H and O–H groups in total. The highest BCUT2D eigenvalue weighted by molar-refractivity contribution is 5.93. The van der Waals surface area contributed by atoms with Crippen molar-refractivity contribution >= 4 is 23.9 Å². The molecule has 2 saturated heterocycles. The summed E-state index contributed by atoms with van der Waals surface area (Å²) in [6.07, 6.45) is 0.540. The number of carbonyl (C=O) groups is 4. The molecule has 2 fully saturated rings. The van der Waals surface area contributed by atoms with Crippen molar-refractivity contribution in [2.75, 3.05) is 7.11 Å². The van der Waals surface area contributed by atoms with Gasteiger partial charge in [-0.2, -0.15) is 0 Å². The lowest BCUT2D eigenvalue weighted by Gasteiger charge is -2.33. The molecule has 0 aromatic rings. The fourth-order valence-corrected chi connectivity index (χ4v) is 3.98. The number of rotatable bonds is 4. The van der Waals surface area contributed by atoms with Crippen molar-refractivity contribution in [2.45, 2.75) is 70.6 Å². The van der Waals surface area contributed by atoms with E-state index in [1.165, 1.54) is 14.0 Å². The molecule has 9 nitrogen and oxygen atoms in total. The van der Waals surface area contributed by atoms with Crippen LogP contribution in [0.2, 0.25) is 0 Å². The second-order valence-electron chi connectivity index (χ2n) is 8.39. The van der Waals surface area contributed by atoms with Gasteiger partial charge < -0.3 is 23.7 Å². The molecule has 2 heterocycles. The quantitative estimate of drug-likeness (QED) is 0.209. The van der Waals surface area contributed by atoms with Gasteiger partial charge in [-0.25, -0.2) is 14.4 Å². The van der Waals surface area contributed by atoms with Crippen LogP contribution in [-0.4, -0.2) is 61.0 Å². The first-order valence-corrected chi connectivity index (χ1v) is 10.4. The summed E-state index contributed by atoms with van der Waals surface area (Å²) >= 11 is 0. The number of allylic oxidation sites excluding steroid dienone is 2. The van der Waals surface area contributed by atoms with E-state index in [1.54, 1.807) is 26.0 Å². The Labute approximate surface area is 186 Å². The van der Waals surface area contributed by atoms with E-state index in [9.17, 15) is 19.2 Å². The van der Waals surface area contributed by atoms with Crippen LogP contribution in [0.5, 0.6) is 0 Å². The summed E-state index contributed by atoms with van der Waals surface area (Å²) in [5.74, 6) is -3.70. The van der Waals surface area contributed by atoms with Crippen molar-refractivity contribution in [3.63, 3.8) is 0 Å². The Morgan fingerprint density at radius 1 is 1.25 bits per heavy atom. The number of ether oxygens (including phenoxy) is 5. The van der Waals surface area contributed by atoms with Crippen molar-refractivity contribution in [2.24, 2.45) is 5.92 Å². The van der Waals surface area contributed by atoms with Crippen molar-refractivity contribution in [3.8, 4) is 0 Å². The summed E-state index contributed by atoms with van der Waals surface area (Å²) < 4.78 is 27.1. The Bertz CT molecular complexity index is 914. The molecule has 0 spiro atoms. The number of methoxy groups -OCH3 is 1. The maximum Gasteiger partial charge on any atom is 0.341 e. The monoisotopic (exact) mass is 448 g/mol. The molecule has 0 radical (unpaired) electrons. The second kappa shape index (κ2) is 8.90. The Balaban J connectivity index is 2.14. The van der Waals surface area contributed by atoms with Crippen LogP contribution in [0.25, 0.3) is 0 Å². The minimum Gasteiger partial charge on any atom is -0.466 e. The van der Waals surface area contributed by atoms with Crippen LogP contribution < -0.4 is 0 Å². The van der Waals surface area contributed by atoms with Gasteiger partial charge in [-0.05, 0) is 39.7 Å². The fraction of sp³-hybridized carbons (Fsp3) is 0.565. The highest BCUT2D eigenvalue weighted by Gasteiger charge is 2.59. The molecule has 9 heteroatoms. The largest absolute Gasteiger partial charge is 0.466 e. The predicted octanol–water partition coefficient (Wildman–Crippen LogP) is 1.94. The van der Waals surface area contributed by atoms with Gasteiger partial charge in [0.05, 0.1) is 24.7 Å². The molecule has 2 aliphatic heterocycles. The van der Waals surface area contributed by atoms with Crippen LogP contribution in [0.4, 0.5) is 0 Å². The number of hydrogen-bond donors (Lipinski definition) is 0. The minimum absolute atomic E-state index is 0.0102. The Morgan fingerprint density at radius 3 is 2.47 bits per heavy atom. The summed E-state index contributed by atoms with van der Waals surface area (Å²) in [6, 6.07) is 0. The molecule has 3 aliphatic rings. The molecule has 3 rings (SSSR count).